The molecule has 7 heteroatoms. The van der Waals surface area contributed by atoms with E-state index >= 15 is 0 Å². The Morgan fingerprint density at radius 2 is 1.96 bits per heavy atom. The molecule has 3 aromatic rings. The van der Waals surface area contributed by atoms with Crippen LogP contribution in [-0.2, 0) is 9.84 Å². The van der Waals surface area contributed by atoms with Crippen LogP contribution < -0.4 is 0 Å². The summed E-state index contributed by atoms with van der Waals surface area (Å²) in [5, 5.41) is 4.82. The lowest BCUT2D eigenvalue weighted by Gasteiger charge is -2.23. The lowest BCUT2D eigenvalue weighted by Crippen LogP contribution is -2.37. The molecule has 0 N–H and O–H groups in total. The van der Waals surface area contributed by atoms with E-state index < -0.39 is 9.84 Å². The molecular weight excluding hydrogens is 352 g/mol. The maximum Gasteiger partial charge on any atom is 0.253 e. The van der Waals surface area contributed by atoms with E-state index in [1.165, 1.54) is 4.90 Å². The van der Waals surface area contributed by atoms with Crippen LogP contribution in [0.5, 0.6) is 0 Å². The third-order valence-electron chi connectivity index (χ3n) is 4.84. The van der Waals surface area contributed by atoms with Crippen LogP contribution >= 0.6 is 0 Å². The molecule has 2 heterocycles. The lowest BCUT2D eigenvalue weighted by atomic mass is 10.1. The van der Waals surface area contributed by atoms with E-state index in [0.717, 1.165) is 10.9 Å². The highest BCUT2D eigenvalue weighted by Crippen LogP contribution is 2.29. The molecule has 134 valence electrons. The van der Waals surface area contributed by atoms with Gasteiger partial charge in [-0.2, -0.15) is 0 Å². The molecule has 0 radical (unpaired) electrons. The van der Waals surface area contributed by atoms with E-state index in [0.29, 0.717) is 23.3 Å². The number of nitrogens with zero attached hydrogens (tertiary/aromatic N) is 2. The Hall–Kier alpha value is -2.67. The molecule has 1 amide bonds. The zero-order chi connectivity index (χ0) is 18.3. The third-order valence-corrected chi connectivity index (χ3v) is 6.59. The Balaban J connectivity index is 1.68. The van der Waals surface area contributed by atoms with Crippen molar-refractivity contribution in [3.8, 4) is 11.3 Å². The molecule has 1 aromatic heterocycles. The highest BCUT2D eigenvalue weighted by atomic mass is 32.2. The van der Waals surface area contributed by atoms with Gasteiger partial charge in [0.05, 0.1) is 16.9 Å². The van der Waals surface area contributed by atoms with Gasteiger partial charge in [0.25, 0.3) is 5.91 Å². The standard InChI is InChI=1S/C19H18N2O4S/c1-21(15-9-10-26(23,24)12-15)19(22)14-7-8-17-16(11-14)18(25-20-17)13-5-3-2-4-6-13/h2-8,11,15H,9-10,12H2,1H3. The van der Waals surface area contributed by atoms with E-state index in [4.69, 9.17) is 4.52 Å². The van der Waals surface area contributed by atoms with Crippen molar-refractivity contribution in [1.29, 1.82) is 0 Å². The minimum atomic E-state index is -3.04. The summed E-state index contributed by atoms with van der Waals surface area (Å²) in [4.78, 5) is 14.4. The van der Waals surface area contributed by atoms with Gasteiger partial charge in [-0.05, 0) is 24.6 Å². The fourth-order valence-electron chi connectivity index (χ4n) is 3.32. The summed E-state index contributed by atoms with van der Waals surface area (Å²) in [6.45, 7) is 0. The molecule has 1 unspecified atom stereocenters. The van der Waals surface area contributed by atoms with Crippen molar-refractivity contribution in [3.05, 3.63) is 54.1 Å². The topological polar surface area (TPSA) is 80.5 Å². The van der Waals surface area contributed by atoms with Crippen molar-refractivity contribution in [2.24, 2.45) is 0 Å². The molecule has 26 heavy (non-hydrogen) atoms. The van der Waals surface area contributed by atoms with E-state index in [-0.39, 0.29) is 23.5 Å². The molecule has 0 aliphatic carbocycles. The molecule has 1 atom stereocenters. The predicted octanol–water partition coefficient (Wildman–Crippen LogP) is 2.75. The van der Waals surface area contributed by atoms with Crippen molar-refractivity contribution in [1.82, 2.24) is 10.1 Å². The van der Waals surface area contributed by atoms with Crippen LogP contribution in [0.4, 0.5) is 0 Å². The first-order valence-electron chi connectivity index (χ1n) is 8.37. The summed E-state index contributed by atoms with van der Waals surface area (Å²) in [6, 6.07) is 14.5. The van der Waals surface area contributed by atoms with Crippen molar-refractivity contribution >= 4 is 26.6 Å². The molecule has 4 rings (SSSR count). The first kappa shape index (κ1) is 16.8. The second-order valence-corrected chi connectivity index (χ2v) is 8.81. The smallest absolute Gasteiger partial charge is 0.253 e. The monoisotopic (exact) mass is 370 g/mol. The number of carbonyl (C=O) groups excluding carboxylic acids is 1. The van der Waals surface area contributed by atoms with E-state index in [9.17, 15) is 13.2 Å². The molecule has 1 fully saturated rings. The van der Waals surface area contributed by atoms with Crippen LogP contribution in [0, 0.1) is 0 Å². The largest absolute Gasteiger partial charge is 0.355 e. The van der Waals surface area contributed by atoms with Gasteiger partial charge in [0.1, 0.15) is 5.52 Å². The number of hydrogen-bond donors (Lipinski definition) is 0. The van der Waals surface area contributed by atoms with Gasteiger partial charge in [-0.25, -0.2) is 8.42 Å². The van der Waals surface area contributed by atoms with Gasteiger partial charge in [0, 0.05) is 24.2 Å². The summed E-state index contributed by atoms with van der Waals surface area (Å²) in [5.41, 5.74) is 2.05. The van der Waals surface area contributed by atoms with Crippen LogP contribution in [0.25, 0.3) is 22.2 Å². The second-order valence-electron chi connectivity index (χ2n) is 6.58. The van der Waals surface area contributed by atoms with Crippen LogP contribution in [0.2, 0.25) is 0 Å². The minimum Gasteiger partial charge on any atom is -0.355 e. The predicted molar refractivity (Wildman–Crippen MR) is 98.6 cm³/mol. The highest BCUT2D eigenvalue weighted by Gasteiger charge is 2.33. The van der Waals surface area contributed by atoms with E-state index in [1.807, 2.05) is 30.3 Å². The molecule has 0 spiro atoms. The second kappa shape index (κ2) is 6.25. The highest BCUT2D eigenvalue weighted by molar-refractivity contribution is 7.91. The van der Waals surface area contributed by atoms with Gasteiger partial charge < -0.3 is 9.42 Å². The fraction of sp³-hybridized carbons (Fsp3) is 0.263. The molecule has 0 saturated carbocycles. The molecule has 0 bridgehead atoms. The summed E-state index contributed by atoms with van der Waals surface area (Å²) < 4.78 is 28.8. The van der Waals surface area contributed by atoms with Gasteiger partial charge in [-0.3, -0.25) is 4.79 Å². The quantitative estimate of drug-likeness (QED) is 0.708. The molecule has 6 nitrogen and oxygen atoms in total. The van der Waals surface area contributed by atoms with Crippen LogP contribution in [-0.4, -0.2) is 49.0 Å². The Kier molecular flexibility index (Phi) is 4.03. The van der Waals surface area contributed by atoms with Crippen LogP contribution in [0.1, 0.15) is 16.8 Å². The first-order chi connectivity index (χ1) is 12.4. The number of amides is 1. The molecule has 1 aliphatic rings. The summed E-state index contributed by atoms with van der Waals surface area (Å²) in [5.74, 6) is 0.577. The average molecular weight is 370 g/mol. The number of hydrogen-bond acceptors (Lipinski definition) is 5. The van der Waals surface area contributed by atoms with Gasteiger partial charge in [-0.1, -0.05) is 35.5 Å². The van der Waals surface area contributed by atoms with E-state index in [2.05, 4.69) is 5.16 Å². The first-order valence-corrected chi connectivity index (χ1v) is 10.2. The number of rotatable bonds is 3. The molecule has 1 aliphatic heterocycles. The van der Waals surface area contributed by atoms with Crippen molar-refractivity contribution in [3.63, 3.8) is 0 Å². The minimum absolute atomic E-state index is 0.0278. The SMILES string of the molecule is CN(C(=O)c1ccc2noc(-c3ccccc3)c2c1)C1CCS(=O)(=O)C1. The van der Waals surface area contributed by atoms with Gasteiger partial charge in [0.15, 0.2) is 15.6 Å². The number of fused-ring (bicyclic) bond motifs is 1. The zero-order valence-corrected chi connectivity index (χ0v) is 15.1. The number of aromatic nitrogens is 1. The number of benzene rings is 2. The number of carbonyl (C=O) groups is 1. The Morgan fingerprint density at radius 3 is 2.65 bits per heavy atom. The van der Waals surface area contributed by atoms with Gasteiger partial charge in [-0.15, -0.1) is 0 Å². The maximum atomic E-state index is 12.8. The Labute approximate surface area is 151 Å². The van der Waals surface area contributed by atoms with E-state index in [1.54, 1.807) is 25.2 Å². The fourth-order valence-corrected chi connectivity index (χ4v) is 5.10. The van der Waals surface area contributed by atoms with Crippen LogP contribution in [0.15, 0.2) is 53.1 Å². The average Bonchev–Trinajstić information content (AvgIpc) is 3.23. The molecule has 1 saturated heterocycles. The maximum absolute atomic E-state index is 12.8. The zero-order valence-electron chi connectivity index (χ0n) is 14.3. The molecule has 2 aromatic carbocycles. The van der Waals surface area contributed by atoms with Gasteiger partial charge in [0.2, 0.25) is 0 Å². The van der Waals surface area contributed by atoms with Crippen molar-refractivity contribution < 1.29 is 17.7 Å². The molecular formula is C19H18N2O4S. The van der Waals surface area contributed by atoms with Crippen molar-refractivity contribution in [2.45, 2.75) is 12.5 Å². The Morgan fingerprint density at radius 1 is 1.19 bits per heavy atom. The summed E-state index contributed by atoms with van der Waals surface area (Å²) in [6.07, 6.45) is 0.481. The normalized spacial score (nSPS) is 18.9. The van der Waals surface area contributed by atoms with Gasteiger partial charge >= 0.3 is 0 Å². The Bertz CT molecular complexity index is 1070. The van der Waals surface area contributed by atoms with Crippen LogP contribution in [0.3, 0.4) is 0 Å². The van der Waals surface area contributed by atoms with Crippen molar-refractivity contribution in [2.75, 3.05) is 18.6 Å². The third kappa shape index (κ3) is 2.99. The number of sulfone groups is 1. The summed E-state index contributed by atoms with van der Waals surface area (Å²) in [7, 11) is -1.39. The summed E-state index contributed by atoms with van der Waals surface area (Å²) >= 11 is 0. The lowest BCUT2D eigenvalue weighted by molar-refractivity contribution is 0.0748.